The van der Waals surface area contributed by atoms with E-state index in [0.717, 1.165) is 24.8 Å². The lowest BCUT2D eigenvalue weighted by Gasteiger charge is -2.48. The largest absolute Gasteiger partial charge is 0.457 e. The molecule has 3 unspecified atom stereocenters. The van der Waals surface area contributed by atoms with Crippen molar-refractivity contribution >= 4 is 12.0 Å². The van der Waals surface area contributed by atoms with Gasteiger partial charge in [0, 0.05) is 25.4 Å². The maximum absolute atomic E-state index is 14.5. The number of carbonyl (C=O) groups excluding carboxylic acids is 2. The fourth-order valence-corrected chi connectivity index (χ4v) is 5.97. The standard InChI is InChI=1S/C30H40N2O5/c1-29(2,3)25-20-24(37-28(31)34)15-18-32(25)27(33)26(30(35)16-8-5-9-17-30)21-11-10-14-23(19-21)36-22-12-6-4-7-13-22/h4,6-7,10-14,19,24-26,35H,5,8-9,15-18,20H2,1-3H3,(H2,31,34). The summed E-state index contributed by atoms with van der Waals surface area (Å²) >= 11 is 0. The van der Waals surface area contributed by atoms with Gasteiger partial charge in [0.15, 0.2) is 0 Å². The van der Waals surface area contributed by atoms with Crippen molar-refractivity contribution in [2.24, 2.45) is 11.1 Å². The van der Waals surface area contributed by atoms with E-state index in [1.165, 1.54) is 0 Å². The highest BCUT2D eigenvalue weighted by molar-refractivity contribution is 5.86. The fraction of sp³-hybridized carbons (Fsp3) is 0.533. The van der Waals surface area contributed by atoms with Crippen LogP contribution in [0.15, 0.2) is 54.6 Å². The molecule has 200 valence electrons. The first-order valence-electron chi connectivity index (χ1n) is 13.4. The minimum absolute atomic E-state index is 0.0845. The zero-order valence-electron chi connectivity index (χ0n) is 22.2. The quantitative estimate of drug-likeness (QED) is 0.517. The molecule has 4 rings (SSSR count). The van der Waals surface area contributed by atoms with Gasteiger partial charge in [-0.3, -0.25) is 4.79 Å². The van der Waals surface area contributed by atoms with Gasteiger partial charge in [0.05, 0.1) is 11.5 Å². The maximum atomic E-state index is 14.5. The van der Waals surface area contributed by atoms with Crippen molar-refractivity contribution in [3.05, 3.63) is 60.2 Å². The normalized spacial score (nSPS) is 22.6. The van der Waals surface area contributed by atoms with Gasteiger partial charge in [-0.2, -0.15) is 0 Å². The van der Waals surface area contributed by atoms with Crippen molar-refractivity contribution in [2.45, 2.75) is 89.4 Å². The summed E-state index contributed by atoms with van der Waals surface area (Å²) in [7, 11) is 0. The summed E-state index contributed by atoms with van der Waals surface area (Å²) in [5, 5.41) is 12.0. The van der Waals surface area contributed by atoms with Crippen molar-refractivity contribution < 1.29 is 24.2 Å². The van der Waals surface area contributed by atoms with Gasteiger partial charge in [-0.15, -0.1) is 0 Å². The lowest BCUT2D eigenvalue weighted by Crippen LogP contribution is -2.57. The second-order valence-electron chi connectivity index (χ2n) is 11.6. The molecule has 7 heteroatoms. The molecule has 2 fully saturated rings. The van der Waals surface area contributed by atoms with Crippen molar-refractivity contribution in [3.63, 3.8) is 0 Å². The second-order valence-corrected chi connectivity index (χ2v) is 11.6. The van der Waals surface area contributed by atoms with E-state index in [9.17, 15) is 14.7 Å². The maximum Gasteiger partial charge on any atom is 0.404 e. The molecule has 0 aromatic heterocycles. The summed E-state index contributed by atoms with van der Waals surface area (Å²) in [6, 6.07) is 16.9. The van der Waals surface area contributed by atoms with E-state index >= 15 is 0 Å². The number of rotatable bonds is 6. The molecule has 2 amide bonds. The van der Waals surface area contributed by atoms with Crippen molar-refractivity contribution in [1.82, 2.24) is 4.90 Å². The Balaban J connectivity index is 1.68. The Morgan fingerprint density at radius 3 is 2.35 bits per heavy atom. The topological polar surface area (TPSA) is 102 Å². The molecule has 2 aliphatic rings. The van der Waals surface area contributed by atoms with Crippen molar-refractivity contribution in [3.8, 4) is 11.5 Å². The summed E-state index contributed by atoms with van der Waals surface area (Å²) in [6.45, 7) is 6.70. The summed E-state index contributed by atoms with van der Waals surface area (Å²) in [5.74, 6) is 0.536. The molecule has 3 atom stereocenters. The number of hydrogen-bond donors (Lipinski definition) is 2. The Kier molecular flexibility index (Phi) is 8.12. The highest BCUT2D eigenvalue weighted by Gasteiger charge is 2.48. The number of likely N-dealkylation sites (tertiary alicyclic amines) is 1. The van der Waals surface area contributed by atoms with Crippen LogP contribution in [0.4, 0.5) is 4.79 Å². The first-order chi connectivity index (χ1) is 17.6. The highest BCUT2D eigenvalue weighted by Crippen LogP contribution is 2.44. The van der Waals surface area contributed by atoms with Crippen LogP contribution in [0.2, 0.25) is 0 Å². The monoisotopic (exact) mass is 508 g/mol. The van der Waals surface area contributed by atoms with Crippen LogP contribution >= 0.6 is 0 Å². The number of carbonyl (C=O) groups is 2. The molecule has 0 bridgehead atoms. The third kappa shape index (κ3) is 6.45. The second kappa shape index (κ2) is 11.1. The third-order valence-electron chi connectivity index (χ3n) is 7.79. The number of nitrogens with zero attached hydrogens (tertiary/aromatic N) is 1. The minimum Gasteiger partial charge on any atom is -0.457 e. The molecule has 2 aromatic rings. The van der Waals surface area contributed by atoms with Gasteiger partial charge in [0.2, 0.25) is 5.91 Å². The molecule has 1 saturated heterocycles. The van der Waals surface area contributed by atoms with Crippen LogP contribution in [0.25, 0.3) is 0 Å². The molecule has 1 aliphatic carbocycles. The molecule has 1 aliphatic heterocycles. The van der Waals surface area contributed by atoms with E-state index in [-0.39, 0.29) is 23.5 Å². The number of para-hydroxylation sites is 1. The highest BCUT2D eigenvalue weighted by atomic mass is 16.6. The summed E-state index contributed by atoms with van der Waals surface area (Å²) < 4.78 is 11.4. The lowest BCUT2D eigenvalue weighted by molar-refractivity contribution is -0.150. The van der Waals surface area contributed by atoms with Gasteiger partial charge in [-0.1, -0.05) is 70.4 Å². The van der Waals surface area contributed by atoms with Crippen LogP contribution in [0.1, 0.15) is 77.2 Å². The number of ether oxygens (including phenoxy) is 2. The number of piperidine rings is 1. The van der Waals surface area contributed by atoms with Crippen LogP contribution in [0.3, 0.4) is 0 Å². The smallest absolute Gasteiger partial charge is 0.404 e. The van der Waals surface area contributed by atoms with Crippen LogP contribution in [-0.4, -0.2) is 46.3 Å². The van der Waals surface area contributed by atoms with Gasteiger partial charge >= 0.3 is 6.09 Å². The number of amides is 2. The van der Waals surface area contributed by atoms with E-state index in [4.69, 9.17) is 15.2 Å². The van der Waals surface area contributed by atoms with E-state index in [2.05, 4.69) is 20.8 Å². The van der Waals surface area contributed by atoms with Crippen molar-refractivity contribution in [1.29, 1.82) is 0 Å². The Hall–Kier alpha value is -3.06. The molecular formula is C30H40N2O5. The number of hydrogen-bond acceptors (Lipinski definition) is 5. The molecule has 1 saturated carbocycles. The Morgan fingerprint density at radius 1 is 1.03 bits per heavy atom. The molecule has 0 radical (unpaired) electrons. The third-order valence-corrected chi connectivity index (χ3v) is 7.79. The lowest BCUT2D eigenvalue weighted by atomic mass is 9.71. The molecule has 7 nitrogen and oxygen atoms in total. The van der Waals surface area contributed by atoms with Crippen LogP contribution < -0.4 is 10.5 Å². The van der Waals surface area contributed by atoms with Gasteiger partial charge in [-0.25, -0.2) is 4.79 Å². The van der Waals surface area contributed by atoms with Crippen LogP contribution in [0.5, 0.6) is 11.5 Å². The van der Waals surface area contributed by atoms with Crippen LogP contribution in [-0.2, 0) is 9.53 Å². The molecule has 3 N–H and O–H groups in total. The van der Waals surface area contributed by atoms with E-state index < -0.39 is 17.6 Å². The number of aliphatic hydroxyl groups is 1. The van der Waals surface area contributed by atoms with Gasteiger partial charge in [-0.05, 0) is 48.1 Å². The average Bonchev–Trinajstić information content (AvgIpc) is 2.84. The van der Waals surface area contributed by atoms with E-state index in [1.807, 2.05) is 59.5 Å². The molecule has 37 heavy (non-hydrogen) atoms. The fourth-order valence-electron chi connectivity index (χ4n) is 5.97. The number of primary amides is 1. The average molecular weight is 509 g/mol. The van der Waals surface area contributed by atoms with Gasteiger partial charge in [0.25, 0.3) is 0 Å². The zero-order chi connectivity index (χ0) is 26.6. The first kappa shape index (κ1) is 27.0. The van der Waals surface area contributed by atoms with Crippen LogP contribution in [0, 0.1) is 5.41 Å². The molecule has 1 heterocycles. The molecule has 2 aromatic carbocycles. The zero-order valence-corrected chi connectivity index (χ0v) is 22.2. The molecular weight excluding hydrogens is 468 g/mol. The Bertz CT molecular complexity index is 1070. The Labute approximate surface area is 219 Å². The Morgan fingerprint density at radius 2 is 1.70 bits per heavy atom. The SMILES string of the molecule is CC(C)(C)C1CC(OC(N)=O)CCN1C(=O)C(c1cccc(Oc2ccccc2)c1)C1(O)CCCCC1. The summed E-state index contributed by atoms with van der Waals surface area (Å²) in [4.78, 5) is 27.8. The van der Waals surface area contributed by atoms with Gasteiger partial charge < -0.3 is 25.2 Å². The molecule has 0 spiro atoms. The summed E-state index contributed by atoms with van der Waals surface area (Å²) in [5.41, 5.74) is 4.66. The minimum atomic E-state index is -1.14. The van der Waals surface area contributed by atoms with E-state index in [1.54, 1.807) is 0 Å². The van der Waals surface area contributed by atoms with Crippen molar-refractivity contribution in [2.75, 3.05) is 6.54 Å². The van der Waals surface area contributed by atoms with E-state index in [0.29, 0.717) is 43.7 Å². The summed E-state index contributed by atoms with van der Waals surface area (Å²) in [6.07, 6.45) is 3.90. The van der Waals surface area contributed by atoms with Gasteiger partial charge in [0.1, 0.15) is 17.6 Å². The number of nitrogens with two attached hydrogens (primary N) is 1. The predicted molar refractivity (Wildman–Crippen MR) is 142 cm³/mol. The first-order valence-corrected chi connectivity index (χ1v) is 13.4. The number of benzene rings is 2. The predicted octanol–water partition coefficient (Wildman–Crippen LogP) is 5.76.